The lowest BCUT2D eigenvalue weighted by Crippen LogP contribution is -2.54. The van der Waals surface area contributed by atoms with E-state index in [2.05, 4.69) is 16.0 Å². The standard InChI is InChI=1S/C44H43F2N7O5/c1-4-25-18-27-29(44(2,3)40-36(39(27)55)26-6-5-24(21-47)17-31(26)48-40)20-33(25)51-11-9-23(10-12-51)22-50-13-15-52(16-14-50)38-30(45)19-28-35(37(38)46)43(58)53(42(28)57)32-7-8-34(54)49-41(32)56/h5-6,17-20,23,32,48H,4,7-16,22H2,1-3H3,(H,49,54,56)/i13D2,14D2,15D2,16D2. The number of piperidine rings is 2. The number of carbonyl (C=O) groups excluding carboxylic acids is 5. The Morgan fingerprint density at radius 3 is 2.34 bits per heavy atom. The minimum absolute atomic E-state index is 0.139. The summed E-state index contributed by atoms with van der Waals surface area (Å²) in [6.45, 7) is -8.20. The number of ketones is 1. The number of aryl methyl sites for hydroxylation is 1. The molecule has 9 rings (SSSR count). The molecule has 4 amide bonds. The van der Waals surface area contributed by atoms with Crippen LogP contribution in [0.1, 0.15) is 116 Å². The molecule has 298 valence electrons. The molecule has 0 saturated carbocycles. The van der Waals surface area contributed by atoms with Gasteiger partial charge in [-0.05, 0) is 73.1 Å². The van der Waals surface area contributed by atoms with Gasteiger partial charge in [-0.25, -0.2) is 8.78 Å². The Bertz CT molecular complexity index is 2880. The quantitative estimate of drug-likeness (QED) is 0.252. The molecule has 3 saturated heterocycles. The molecule has 0 bridgehead atoms. The number of nitriles is 1. The zero-order chi connectivity index (χ0) is 48.0. The van der Waals surface area contributed by atoms with Gasteiger partial charge in [0.1, 0.15) is 17.5 Å². The number of benzene rings is 3. The van der Waals surface area contributed by atoms with Crippen LogP contribution in [0.4, 0.5) is 20.2 Å². The molecule has 14 heteroatoms. The van der Waals surface area contributed by atoms with Gasteiger partial charge in [-0.3, -0.25) is 39.1 Å². The Balaban J connectivity index is 0.980. The summed E-state index contributed by atoms with van der Waals surface area (Å²) in [5.41, 5.74) is 1.23. The molecule has 1 atom stereocenters. The zero-order valence-electron chi connectivity index (χ0n) is 39.8. The molecular weight excluding hydrogens is 745 g/mol. The second-order valence-electron chi connectivity index (χ2n) is 15.8. The Morgan fingerprint density at radius 2 is 1.66 bits per heavy atom. The molecule has 0 radical (unpaired) electrons. The number of carbonyl (C=O) groups is 5. The summed E-state index contributed by atoms with van der Waals surface area (Å²) < 4.78 is 105. The van der Waals surface area contributed by atoms with Crippen molar-refractivity contribution in [2.24, 2.45) is 5.92 Å². The smallest absolute Gasteiger partial charge is 0.265 e. The predicted octanol–water partition coefficient (Wildman–Crippen LogP) is 5.19. The van der Waals surface area contributed by atoms with Gasteiger partial charge in [0.15, 0.2) is 11.6 Å². The average Bonchev–Trinajstić information content (AvgIpc) is 3.76. The Morgan fingerprint density at radius 1 is 0.914 bits per heavy atom. The lowest BCUT2D eigenvalue weighted by atomic mass is 9.70. The number of hydrogen-bond donors (Lipinski definition) is 2. The minimum Gasteiger partial charge on any atom is -0.371 e. The first-order chi connectivity index (χ1) is 30.8. The highest BCUT2D eigenvalue weighted by Gasteiger charge is 2.48. The first-order valence-electron chi connectivity index (χ1n) is 23.2. The molecule has 1 aromatic heterocycles. The van der Waals surface area contributed by atoms with E-state index in [0.29, 0.717) is 70.4 Å². The number of nitrogens with one attached hydrogen (secondary N) is 2. The van der Waals surface area contributed by atoms with Crippen molar-refractivity contribution in [3.05, 3.63) is 92.7 Å². The SMILES string of the molecule is [2H]C1([2H])N(CC2CCN(c3cc4c(cc3CC)C(=O)c3c([nH]c5cc(C#N)ccc35)C4(C)C)CC2)C([2H])([2H])C([2H])([2H])N(c2c(F)cc3c(c2F)C(=O)N(C2CCC(=O)NC2=O)C3=O)C1([2H])[2H]. The lowest BCUT2D eigenvalue weighted by molar-refractivity contribution is -0.136. The fourth-order valence-corrected chi connectivity index (χ4v) is 9.00. The van der Waals surface area contributed by atoms with Crippen LogP contribution < -0.4 is 15.1 Å². The zero-order valence-corrected chi connectivity index (χ0v) is 31.8. The van der Waals surface area contributed by atoms with E-state index in [4.69, 9.17) is 11.0 Å². The Hall–Kier alpha value is -5.94. The van der Waals surface area contributed by atoms with Crippen molar-refractivity contribution < 1.29 is 43.7 Å². The maximum atomic E-state index is 16.7. The van der Waals surface area contributed by atoms with Crippen molar-refractivity contribution in [1.29, 1.82) is 5.26 Å². The third-order valence-corrected chi connectivity index (χ3v) is 12.1. The molecule has 1 aliphatic carbocycles. The maximum Gasteiger partial charge on any atom is 0.265 e. The van der Waals surface area contributed by atoms with Crippen LogP contribution in [0, 0.1) is 28.9 Å². The molecule has 5 heterocycles. The Kier molecular flexibility index (Phi) is 7.01. The monoisotopic (exact) mass is 795 g/mol. The second-order valence-corrected chi connectivity index (χ2v) is 15.8. The first-order valence-corrected chi connectivity index (χ1v) is 19.2. The van der Waals surface area contributed by atoms with Gasteiger partial charge in [0.25, 0.3) is 11.8 Å². The van der Waals surface area contributed by atoms with Crippen LogP contribution in [0.25, 0.3) is 10.9 Å². The van der Waals surface area contributed by atoms with Gasteiger partial charge in [0, 0.05) is 90.8 Å². The molecule has 4 aromatic rings. The molecule has 4 aliphatic heterocycles. The third kappa shape index (κ3) is 5.81. The van der Waals surface area contributed by atoms with Crippen LogP contribution in [-0.2, 0) is 21.4 Å². The number of nitrogens with zero attached hydrogens (tertiary/aromatic N) is 5. The van der Waals surface area contributed by atoms with Gasteiger partial charge in [0.2, 0.25) is 11.8 Å². The number of fused-ring (bicyclic) bond motifs is 5. The van der Waals surface area contributed by atoms with E-state index in [1.165, 1.54) is 0 Å². The average molecular weight is 796 g/mol. The number of amides is 4. The van der Waals surface area contributed by atoms with Crippen LogP contribution >= 0.6 is 0 Å². The van der Waals surface area contributed by atoms with Crippen LogP contribution in [0.5, 0.6) is 0 Å². The van der Waals surface area contributed by atoms with Crippen LogP contribution in [0.3, 0.4) is 0 Å². The number of rotatable bonds is 6. The molecule has 0 spiro atoms. The van der Waals surface area contributed by atoms with E-state index in [9.17, 15) is 29.2 Å². The summed E-state index contributed by atoms with van der Waals surface area (Å²) >= 11 is 0. The third-order valence-electron chi connectivity index (χ3n) is 12.1. The van der Waals surface area contributed by atoms with Crippen molar-refractivity contribution in [1.82, 2.24) is 20.1 Å². The first kappa shape index (κ1) is 29.3. The van der Waals surface area contributed by atoms with Gasteiger partial charge in [-0.2, -0.15) is 5.26 Å². The number of anilines is 2. The number of aromatic amines is 1. The predicted molar refractivity (Wildman–Crippen MR) is 211 cm³/mol. The van der Waals surface area contributed by atoms with Gasteiger partial charge in [0.05, 0.1) is 33.8 Å². The van der Waals surface area contributed by atoms with Gasteiger partial charge < -0.3 is 14.8 Å². The minimum atomic E-state index is -3.74. The van der Waals surface area contributed by atoms with Crippen LogP contribution in [0.15, 0.2) is 36.4 Å². The van der Waals surface area contributed by atoms with E-state index in [1.807, 2.05) is 38.2 Å². The van der Waals surface area contributed by atoms with E-state index >= 15 is 8.78 Å². The fourth-order valence-electron chi connectivity index (χ4n) is 9.00. The van der Waals surface area contributed by atoms with Gasteiger partial charge in [-0.15, -0.1) is 0 Å². The van der Waals surface area contributed by atoms with Crippen molar-refractivity contribution in [3.8, 4) is 6.07 Å². The number of halogens is 2. The van der Waals surface area contributed by atoms with E-state index in [0.717, 1.165) is 27.9 Å². The number of piperazine rings is 1. The fraction of sp³-hybridized carbons (Fsp3) is 0.409. The maximum absolute atomic E-state index is 16.7. The van der Waals surface area contributed by atoms with Crippen molar-refractivity contribution >= 4 is 51.7 Å². The normalized spacial score (nSPS) is 26.5. The van der Waals surface area contributed by atoms with E-state index < -0.39 is 102 Å². The van der Waals surface area contributed by atoms with Crippen molar-refractivity contribution in [2.45, 2.75) is 64.3 Å². The summed E-state index contributed by atoms with van der Waals surface area (Å²) in [6.07, 6.45) is 0.612. The van der Waals surface area contributed by atoms with Gasteiger partial charge in [-0.1, -0.05) is 26.8 Å². The molecule has 12 nitrogen and oxygen atoms in total. The molecule has 5 aliphatic rings. The van der Waals surface area contributed by atoms with E-state index in [-0.39, 0.29) is 23.5 Å². The Labute approximate surface area is 345 Å². The number of H-pyrrole nitrogens is 1. The van der Waals surface area contributed by atoms with E-state index in [1.54, 1.807) is 18.2 Å². The highest BCUT2D eigenvalue weighted by atomic mass is 19.1. The second kappa shape index (κ2) is 13.9. The number of imide groups is 2. The largest absolute Gasteiger partial charge is 0.371 e. The molecule has 1 unspecified atom stereocenters. The number of hydrogen-bond acceptors (Lipinski definition) is 9. The number of aromatic nitrogens is 1. The molecule has 3 aromatic carbocycles. The molecule has 2 N–H and O–H groups in total. The van der Waals surface area contributed by atoms with Crippen LogP contribution in [-0.4, -0.2) is 95.9 Å². The van der Waals surface area contributed by atoms with Gasteiger partial charge >= 0.3 is 0 Å². The summed E-state index contributed by atoms with van der Waals surface area (Å²) in [7, 11) is 0. The topological polar surface area (TPSA) is 150 Å². The highest BCUT2D eigenvalue weighted by molar-refractivity contribution is 6.24. The summed E-state index contributed by atoms with van der Waals surface area (Å²) in [5, 5.41) is 12.2. The molecule has 58 heavy (non-hydrogen) atoms. The summed E-state index contributed by atoms with van der Waals surface area (Å²) in [5.74, 6) is -8.92. The summed E-state index contributed by atoms with van der Waals surface area (Å²) in [4.78, 5) is 71.3. The lowest BCUT2D eigenvalue weighted by Gasteiger charge is -2.41. The van der Waals surface area contributed by atoms with Crippen molar-refractivity contribution in [3.63, 3.8) is 0 Å². The molecule has 3 fully saturated rings. The summed E-state index contributed by atoms with van der Waals surface area (Å²) in [6, 6.07) is 9.99. The van der Waals surface area contributed by atoms with Crippen LogP contribution in [0.2, 0.25) is 0 Å². The highest BCUT2D eigenvalue weighted by Crippen LogP contribution is 2.46. The van der Waals surface area contributed by atoms with Crippen molar-refractivity contribution in [2.75, 3.05) is 55.4 Å². The molecular formula is C44H43F2N7O5.